The molecular formula is C18H29N3. The van der Waals surface area contributed by atoms with Crippen LogP contribution in [0.15, 0.2) is 30.0 Å². The lowest BCUT2D eigenvalue weighted by Gasteiger charge is -2.32. The Morgan fingerprint density at radius 3 is 2.62 bits per heavy atom. The lowest BCUT2D eigenvalue weighted by molar-refractivity contribution is 0.268. The molecule has 0 bridgehead atoms. The third-order valence-corrected chi connectivity index (χ3v) is 4.11. The predicted octanol–water partition coefficient (Wildman–Crippen LogP) is 3.37. The summed E-state index contributed by atoms with van der Waals surface area (Å²) in [6.45, 7) is 14.1. The Morgan fingerprint density at radius 2 is 2.10 bits per heavy atom. The zero-order chi connectivity index (χ0) is 15.3. The maximum Gasteiger partial charge on any atom is 0.0544 e. The second kappa shape index (κ2) is 7.19. The van der Waals surface area contributed by atoms with Gasteiger partial charge in [0.2, 0.25) is 0 Å². The van der Waals surface area contributed by atoms with Gasteiger partial charge in [0.15, 0.2) is 0 Å². The predicted molar refractivity (Wildman–Crippen MR) is 89.0 cm³/mol. The lowest BCUT2D eigenvalue weighted by Crippen LogP contribution is -2.31. The fraction of sp³-hybridized carbons (Fsp3) is 0.611. The first-order valence-electron chi connectivity index (χ1n) is 8.05. The molecule has 1 aromatic heterocycles. The highest BCUT2D eigenvalue weighted by atomic mass is 15.1. The van der Waals surface area contributed by atoms with E-state index in [2.05, 4.69) is 61.1 Å². The quantitative estimate of drug-likeness (QED) is 0.842. The van der Waals surface area contributed by atoms with Crippen LogP contribution in [-0.2, 0) is 13.1 Å². The molecule has 1 aliphatic rings. The van der Waals surface area contributed by atoms with Crippen molar-refractivity contribution in [1.29, 1.82) is 0 Å². The second-order valence-corrected chi connectivity index (χ2v) is 6.90. The SMILES string of the molecule is CCNCc1ccc(CN2CC=C(C(C)(C)C)CC2)nc1. The van der Waals surface area contributed by atoms with Crippen LogP contribution in [0.25, 0.3) is 0 Å². The highest BCUT2D eigenvalue weighted by molar-refractivity contribution is 5.17. The first-order valence-corrected chi connectivity index (χ1v) is 8.05. The van der Waals surface area contributed by atoms with Gasteiger partial charge in [-0.2, -0.15) is 0 Å². The highest BCUT2D eigenvalue weighted by Gasteiger charge is 2.21. The van der Waals surface area contributed by atoms with Gasteiger partial charge in [-0.3, -0.25) is 9.88 Å². The normalized spacial score (nSPS) is 16.9. The molecule has 116 valence electrons. The van der Waals surface area contributed by atoms with Gasteiger partial charge in [0.05, 0.1) is 5.69 Å². The zero-order valence-electron chi connectivity index (χ0n) is 13.9. The summed E-state index contributed by atoms with van der Waals surface area (Å²) in [5.74, 6) is 0. The van der Waals surface area contributed by atoms with Crippen molar-refractivity contribution in [3.8, 4) is 0 Å². The van der Waals surface area contributed by atoms with Crippen molar-refractivity contribution in [2.45, 2.75) is 47.2 Å². The molecule has 0 radical (unpaired) electrons. The van der Waals surface area contributed by atoms with Gasteiger partial charge in [0, 0.05) is 32.4 Å². The summed E-state index contributed by atoms with van der Waals surface area (Å²) in [4.78, 5) is 7.06. The maximum atomic E-state index is 4.59. The molecule has 0 fully saturated rings. The van der Waals surface area contributed by atoms with Gasteiger partial charge >= 0.3 is 0 Å². The largest absolute Gasteiger partial charge is 0.313 e. The molecular weight excluding hydrogens is 258 g/mol. The minimum atomic E-state index is 0.318. The van der Waals surface area contributed by atoms with E-state index >= 15 is 0 Å². The summed E-state index contributed by atoms with van der Waals surface area (Å²) in [7, 11) is 0. The average Bonchev–Trinajstić information content (AvgIpc) is 2.46. The summed E-state index contributed by atoms with van der Waals surface area (Å²) in [5.41, 5.74) is 4.34. The Labute approximate surface area is 129 Å². The molecule has 3 nitrogen and oxygen atoms in total. The molecule has 1 N–H and O–H groups in total. The lowest BCUT2D eigenvalue weighted by atomic mass is 9.83. The van der Waals surface area contributed by atoms with Crippen molar-refractivity contribution in [1.82, 2.24) is 15.2 Å². The second-order valence-electron chi connectivity index (χ2n) is 6.90. The number of nitrogens with one attached hydrogen (secondary N) is 1. The third kappa shape index (κ3) is 4.94. The van der Waals surface area contributed by atoms with Gasteiger partial charge in [-0.25, -0.2) is 0 Å². The van der Waals surface area contributed by atoms with E-state index in [9.17, 15) is 0 Å². The summed E-state index contributed by atoms with van der Waals surface area (Å²) in [5, 5.41) is 3.33. The summed E-state index contributed by atoms with van der Waals surface area (Å²) in [6.07, 6.45) is 5.59. The molecule has 0 saturated carbocycles. The monoisotopic (exact) mass is 287 g/mol. The van der Waals surface area contributed by atoms with Gasteiger partial charge in [0.25, 0.3) is 0 Å². The van der Waals surface area contributed by atoms with E-state index in [1.54, 1.807) is 5.57 Å². The van der Waals surface area contributed by atoms with Gasteiger partial charge in [-0.15, -0.1) is 0 Å². The first-order chi connectivity index (χ1) is 9.99. The average molecular weight is 287 g/mol. The van der Waals surface area contributed by atoms with Crippen LogP contribution in [0.5, 0.6) is 0 Å². The highest BCUT2D eigenvalue weighted by Crippen LogP contribution is 2.30. The zero-order valence-corrected chi connectivity index (χ0v) is 13.9. The number of nitrogens with zero attached hydrogens (tertiary/aromatic N) is 2. The van der Waals surface area contributed by atoms with Crippen molar-refractivity contribution in [2.75, 3.05) is 19.6 Å². The van der Waals surface area contributed by atoms with Gasteiger partial charge in [0.1, 0.15) is 0 Å². The Kier molecular flexibility index (Phi) is 5.54. The number of aromatic nitrogens is 1. The molecule has 21 heavy (non-hydrogen) atoms. The van der Waals surface area contributed by atoms with Crippen LogP contribution in [0.2, 0.25) is 0 Å². The van der Waals surface area contributed by atoms with Gasteiger partial charge < -0.3 is 5.32 Å². The smallest absolute Gasteiger partial charge is 0.0544 e. The van der Waals surface area contributed by atoms with Crippen molar-refractivity contribution in [2.24, 2.45) is 5.41 Å². The van der Waals surface area contributed by atoms with E-state index in [1.165, 1.54) is 17.7 Å². The van der Waals surface area contributed by atoms with Gasteiger partial charge in [-0.05, 0) is 30.0 Å². The Hall–Kier alpha value is -1.19. The summed E-state index contributed by atoms with van der Waals surface area (Å²) in [6, 6.07) is 4.35. The van der Waals surface area contributed by atoms with E-state index in [0.717, 1.165) is 32.7 Å². The van der Waals surface area contributed by atoms with Crippen LogP contribution >= 0.6 is 0 Å². The number of hydrogen-bond acceptors (Lipinski definition) is 3. The first kappa shape index (κ1) is 16.2. The molecule has 0 amide bonds. The van der Waals surface area contributed by atoms with E-state index in [-0.39, 0.29) is 0 Å². The molecule has 1 aromatic rings. The van der Waals surface area contributed by atoms with Crippen LogP contribution in [0, 0.1) is 5.41 Å². The van der Waals surface area contributed by atoms with Gasteiger partial charge in [-0.1, -0.05) is 45.4 Å². The number of pyridine rings is 1. The molecule has 3 heteroatoms. The molecule has 2 heterocycles. The fourth-order valence-electron chi connectivity index (χ4n) is 2.69. The van der Waals surface area contributed by atoms with E-state index in [0.29, 0.717) is 5.41 Å². The molecule has 0 atom stereocenters. The van der Waals surface area contributed by atoms with E-state index in [4.69, 9.17) is 0 Å². The van der Waals surface area contributed by atoms with Crippen LogP contribution < -0.4 is 5.32 Å². The number of hydrogen-bond donors (Lipinski definition) is 1. The standard InChI is InChI=1S/C18H29N3/c1-5-19-12-15-6-7-17(20-13-15)14-21-10-8-16(9-11-21)18(2,3)4/h6-8,13,19H,5,9-12,14H2,1-4H3. The maximum absolute atomic E-state index is 4.59. The van der Waals surface area contributed by atoms with E-state index < -0.39 is 0 Å². The Bertz CT molecular complexity index is 468. The van der Waals surface area contributed by atoms with Crippen molar-refractivity contribution < 1.29 is 0 Å². The molecule has 0 unspecified atom stereocenters. The van der Waals surface area contributed by atoms with Crippen molar-refractivity contribution in [3.05, 3.63) is 41.2 Å². The van der Waals surface area contributed by atoms with E-state index in [1.807, 2.05) is 6.20 Å². The van der Waals surface area contributed by atoms with Crippen LogP contribution in [0.3, 0.4) is 0 Å². The Balaban J connectivity index is 1.87. The summed E-state index contributed by atoms with van der Waals surface area (Å²) < 4.78 is 0. The van der Waals surface area contributed by atoms with Crippen molar-refractivity contribution >= 4 is 0 Å². The van der Waals surface area contributed by atoms with Crippen LogP contribution in [0.1, 0.15) is 45.4 Å². The fourth-order valence-corrected chi connectivity index (χ4v) is 2.69. The Morgan fingerprint density at radius 1 is 1.29 bits per heavy atom. The summed E-state index contributed by atoms with van der Waals surface area (Å²) >= 11 is 0. The molecule has 1 aliphatic heterocycles. The molecule has 0 aromatic carbocycles. The molecule has 2 rings (SSSR count). The molecule has 0 saturated heterocycles. The minimum absolute atomic E-state index is 0.318. The molecule has 0 spiro atoms. The minimum Gasteiger partial charge on any atom is -0.313 e. The number of rotatable bonds is 5. The molecule has 0 aliphatic carbocycles. The van der Waals surface area contributed by atoms with Crippen LogP contribution in [0.4, 0.5) is 0 Å². The van der Waals surface area contributed by atoms with Crippen LogP contribution in [-0.4, -0.2) is 29.5 Å². The van der Waals surface area contributed by atoms with Crippen molar-refractivity contribution in [3.63, 3.8) is 0 Å². The topological polar surface area (TPSA) is 28.2 Å². The third-order valence-electron chi connectivity index (χ3n) is 4.11.